The van der Waals surface area contributed by atoms with E-state index in [1.165, 1.54) is 0 Å². The van der Waals surface area contributed by atoms with E-state index < -0.39 is 27.8 Å². The second-order valence-corrected chi connectivity index (χ2v) is 1.67. The average molecular weight is 164 g/mol. The van der Waals surface area contributed by atoms with Gasteiger partial charge in [-0.05, 0) is 5.75 Å². The fraction of sp³-hybridized carbons (Fsp3) is 0. The molecule has 0 heterocycles. The Bertz CT molecular complexity index is 363. The Balaban J connectivity index is 0.000001000. The smallest absolute Gasteiger partial charge is 0.867 e. The average Bonchev–Trinajstić information content (AvgIpc) is 2.07. The summed E-state index contributed by atoms with van der Waals surface area (Å²) >= 11 is 0. The number of rotatable bonds is 0. The van der Waals surface area contributed by atoms with Gasteiger partial charge in [0, 0.05) is 0 Å². The summed E-state index contributed by atoms with van der Waals surface area (Å²) in [6, 6.07) is 0. The first-order valence-electron chi connectivity index (χ1n) is 2.29. The largest absolute Gasteiger partial charge is 1.00 e. The van der Waals surface area contributed by atoms with Crippen LogP contribution in [0.1, 0.15) is 0 Å². The first-order valence-corrected chi connectivity index (χ1v) is 2.29. The first kappa shape index (κ1) is 10.3. The Hall–Kier alpha value is -0.650. The normalized spacial score (nSPS) is 9.09. The molecule has 0 saturated heterocycles. The van der Waals surface area contributed by atoms with E-state index in [4.69, 9.17) is 5.11 Å². The fourth-order valence-corrected chi connectivity index (χ4v) is 0.524. The fourth-order valence-electron chi connectivity index (χ4n) is 0.524. The van der Waals surface area contributed by atoms with Crippen molar-refractivity contribution in [2.45, 2.75) is 0 Å². The molecule has 1 N–H and O–H groups in total. The summed E-state index contributed by atoms with van der Waals surface area (Å²) in [6.45, 7) is 0. The molecule has 0 spiro atoms. The van der Waals surface area contributed by atoms with E-state index in [1.54, 1.807) is 0 Å². The van der Waals surface area contributed by atoms with Crippen molar-refractivity contribution in [1.82, 2.24) is 0 Å². The van der Waals surface area contributed by atoms with Crippen LogP contribution in [0, 0.1) is 0 Å². The molecule has 0 atom stereocenters. The van der Waals surface area contributed by atoms with E-state index >= 15 is 0 Å². The summed E-state index contributed by atoms with van der Waals surface area (Å²) in [4.78, 5) is 30.7. The Morgan fingerprint density at radius 3 is 1.55 bits per heavy atom. The van der Waals surface area contributed by atoms with E-state index in [2.05, 4.69) is 0 Å². The van der Waals surface area contributed by atoms with Gasteiger partial charge in [0.05, 0.1) is 0 Å². The topological polar surface area (TPSA) is 94.5 Å². The van der Waals surface area contributed by atoms with Gasteiger partial charge in [-0.25, -0.2) is 0 Å². The maximum Gasteiger partial charge on any atom is 1.00 e. The van der Waals surface area contributed by atoms with Crippen LogP contribution in [-0.4, -0.2) is 5.11 Å². The molecule has 0 aliphatic heterocycles. The molecule has 52 valence electrons. The molecule has 0 saturated carbocycles. The maximum atomic E-state index is 10.2. The zero-order chi connectivity index (χ0) is 7.89. The van der Waals surface area contributed by atoms with Gasteiger partial charge in [0.1, 0.15) is 0 Å². The van der Waals surface area contributed by atoms with Gasteiger partial charge in [0.15, 0.2) is 5.75 Å². The summed E-state index contributed by atoms with van der Waals surface area (Å²) in [5.41, 5.74) is -4.32. The predicted octanol–water partition coefficient (Wildman–Crippen LogP) is -5.57. The standard InChI is InChI=1S/C5H2O5.Na/c6-1-2(7)4(9)5(10)3(1)8;/h6-7H;/q;+1/p-1. The van der Waals surface area contributed by atoms with Gasteiger partial charge >= 0.3 is 29.6 Å². The van der Waals surface area contributed by atoms with Crippen LogP contribution in [0.2, 0.25) is 0 Å². The molecule has 11 heavy (non-hydrogen) atoms. The van der Waals surface area contributed by atoms with Crippen LogP contribution in [0.3, 0.4) is 0 Å². The van der Waals surface area contributed by atoms with Crippen molar-refractivity contribution in [1.29, 1.82) is 0 Å². The summed E-state index contributed by atoms with van der Waals surface area (Å²) < 4.78 is 0. The summed E-state index contributed by atoms with van der Waals surface area (Å²) in [5, 5.41) is 18.6. The third kappa shape index (κ3) is 1.35. The van der Waals surface area contributed by atoms with Crippen molar-refractivity contribution in [3.05, 3.63) is 30.7 Å². The van der Waals surface area contributed by atoms with Crippen LogP contribution in [-0.2, 0) is 0 Å². The third-order valence-corrected chi connectivity index (χ3v) is 1.05. The predicted molar refractivity (Wildman–Crippen MR) is 28.7 cm³/mol. The van der Waals surface area contributed by atoms with Crippen molar-refractivity contribution in [3.63, 3.8) is 0 Å². The zero-order valence-corrected chi connectivity index (χ0v) is 7.58. The molecule has 0 aliphatic carbocycles. The van der Waals surface area contributed by atoms with Crippen molar-refractivity contribution >= 4 is 0 Å². The van der Waals surface area contributed by atoms with Crippen LogP contribution >= 0.6 is 0 Å². The molecular formula is C5HNaO5. The molecule has 0 fully saturated rings. The first-order chi connectivity index (χ1) is 4.55. The molecule has 1 aromatic rings. The van der Waals surface area contributed by atoms with E-state index in [-0.39, 0.29) is 29.6 Å². The monoisotopic (exact) mass is 164 g/mol. The molecule has 5 nitrogen and oxygen atoms in total. The maximum absolute atomic E-state index is 10.2. The van der Waals surface area contributed by atoms with Crippen molar-refractivity contribution in [3.8, 4) is 11.5 Å². The van der Waals surface area contributed by atoms with Gasteiger partial charge in [0.25, 0.3) is 10.9 Å². The van der Waals surface area contributed by atoms with Gasteiger partial charge in [-0.3, -0.25) is 14.4 Å². The summed E-state index contributed by atoms with van der Waals surface area (Å²) in [7, 11) is 0. The quantitative estimate of drug-likeness (QED) is 0.304. The Kier molecular flexibility index (Phi) is 2.98. The van der Waals surface area contributed by atoms with E-state index in [1.807, 2.05) is 0 Å². The summed E-state index contributed by atoms with van der Waals surface area (Å²) in [6.07, 6.45) is 0. The van der Waals surface area contributed by atoms with Gasteiger partial charge in [-0.1, -0.05) is 0 Å². The van der Waals surface area contributed by atoms with Crippen molar-refractivity contribution in [2.24, 2.45) is 0 Å². The van der Waals surface area contributed by atoms with Gasteiger partial charge in [-0.2, -0.15) is 0 Å². The summed E-state index contributed by atoms with van der Waals surface area (Å²) in [5.74, 6) is -2.68. The minimum Gasteiger partial charge on any atom is -0.867 e. The second-order valence-electron chi connectivity index (χ2n) is 1.67. The Morgan fingerprint density at radius 1 is 1.00 bits per heavy atom. The minimum absolute atomic E-state index is 0. The third-order valence-electron chi connectivity index (χ3n) is 1.05. The Labute approximate surface area is 81.9 Å². The van der Waals surface area contributed by atoms with Crippen LogP contribution in [0.4, 0.5) is 0 Å². The minimum atomic E-state index is -1.46. The second kappa shape index (κ2) is 3.17. The van der Waals surface area contributed by atoms with Crippen molar-refractivity contribution in [2.75, 3.05) is 0 Å². The number of hydrogen-bond donors (Lipinski definition) is 1. The van der Waals surface area contributed by atoms with Crippen LogP contribution in [0.15, 0.2) is 14.4 Å². The van der Waals surface area contributed by atoms with E-state index in [9.17, 15) is 19.5 Å². The molecule has 0 unspecified atom stereocenters. The molecule has 0 aromatic heterocycles. The van der Waals surface area contributed by atoms with Crippen molar-refractivity contribution < 1.29 is 39.8 Å². The zero-order valence-electron chi connectivity index (χ0n) is 5.58. The SMILES string of the molecule is O=c1c([O-])c(O)c(=O)c1=O.[Na+]. The molecule has 0 radical (unpaired) electrons. The van der Waals surface area contributed by atoms with Crippen LogP contribution in [0.25, 0.3) is 0 Å². The van der Waals surface area contributed by atoms with Gasteiger partial charge in [-0.15, -0.1) is 0 Å². The Morgan fingerprint density at radius 2 is 1.45 bits per heavy atom. The van der Waals surface area contributed by atoms with Crippen LogP contribution in [0.5, 0.6) is 11.5 Å². The van der Waals surface area contributed by atoms with Gasteiger partial charge in [0.2, 0.25) is 5.43 Å². The van der Waals surface area contributed by atoms with E-state index in [0.29, 0.717) is 0 Å². The molecular weight excluding hydrogens is 163 g/mol. The molecule has 0 amide bonds. The molecule has 1 aromatic carbocycles. The molecule has 0 aliphatic rings. The van der Waals surface area contributed by atoms with Crippen LogP contribution < -0.4 is 51.0 Å². The molecule has 0 bridgehead atoms. The van der Waals surface area contributed by atoms with Gasteiger partial charge < -0.3 is 10.2 Å². The molecule has 1 rings (SSSR count). The number of aromatic hydroxyl groups is 1. The molecule has 6 heteroatoms. The number of hydrogen-bond acceptors (Lipinski definition) is 5. The van der Waals surface area contributed by atoms with E-state index in [0.717, 1.165) is 0 Å².